The third kappa shape index (κ3) is 4.81. The van der Waals surface area contributed by atoms with E-state index in [1.54, 1.807) is 12.1 Å². The topological polar surface area (TPSA) is 98.3 Å². The third-order valence-electron chi connectivity index (χ3n) is 5.59. The normalized spacial score (nSPS) is 10.8. The molecule has 4 rings (SSSR count). The first-order valence-corrected chi connectivity index (χ1v) is 10.9. The van der Waals surface area contributed by atoms with Gasteiger partial charge < -0.3 is 14.8 Å². The minimum atomic E-state index is -3.06. The zero-order valence-electron chi connectivity index (χ0n) is 19.8. The molecule has 1 N–H and O–H groups in total. The summed E-state index contributed by atoms with van der Waals surface area (Å²) in [6.45, 7) is -3.06. The van der Waals surface area contributed by atoms with Crippen LogP contribution in [-0.2, 0) is 7.05 Å². The van der Waals surface area contributed by atoms with Gasteiger partial charge in [-0.05, 0) is 36.4 Å². The number of hydrogen-bond acceptors (Lipinski definition) is 5. The van der Waals surface area contributed by atoms with Crippen LogP contribution in [0.1, 0.15) is 15.9 Å². The predicted octanol–water partition coefficient (Wildman–Crippen LogP) is 4.86. The number of anilines is 1. The molecule has 0 aliphatic carbocycles. The summed E-state index contributed by atoms with van der Waals surface area (Å²) in [4.78, 5) is 26.6. The maximum Gasteiger partial charge on any atom is 0.387 e. The van der Waals surface area contributed by atoms with Crippen LogP contribution >= 0.6 is 0 Å². The summed E-state index contributed by atoms with van der Waals surface area (Å²) in [7, 11) is 2.56. The number of carbonyl (C=O) groups excluding carboxylic acids is 1. The van der Waals surface area contributed by atoms with Crippen LogP contribution in [0, 0.1) is 23.0 Å². The number of benzene rings is 3. The molecule has 38 heavy (non-hydrogen) atoms. The standard InChI is InChI=1S/C26H18F4N4O4/c1-33-23(21-18(27)11-17(37-2)12-19(21)28)22(25(36)34(33)20-6-4-3-5-15(20)13-31)32-24(35)14-7-9-16(10-8-14)38-26(29)30/h3-12,26H,1-2H3,(H,32,35). The van der Waals surface area contributed by atoms with Crippen molar-refractivity contribution in [1.82, 2.24) is 9.36 Å². The molecule has 0 unspecified atom stereocenters. The lowest BCUT2D eigenvalue weighted by molar-refractivity contribution is -0.0498. The van der Waals surface area contributed by atoms with Gasteiger partial charge >= 0.3 is 6.61 Å². The molecule has 0 fully saturated rings. The smallest absolute Gasteiger partial charge is 0.387 e. The molecule has 0 atom stereocenters. The number of hydrogen-bond donors (Lipinski definition) is 1. The van der Waals surface area contributed by atoms with E-state index < -0.39 is 41.0 Å². The van der Waals surface area contributed by atoms with E-state index in [0.29, 0.717) is 0 Å². The molecule has 12 heteroatoms. The van der Waals surface area contributed by atoms with Gasteiger partial charge in [0.25, 0.3) is 11.5 Å². The number of nitrogens with one attached hydrogen (secondary N) is 1. The first kappa shape index (κ1) is 26.0. The van der Waals surface area contributed by atoms with E-state index in [0.717, 1.165) is 33.6 Å². The summed E-state index contributed by atoms with van der Waals surface area (Å²) in [5.74, 6) is -3.33. The second-order valence-electron chi connectivity index (χ2n) is 7.82. The van der Waals surface area contributed by atoms with E-state index >= 15 is 8.78 Å². The lowest BCUT2D eigenvalue weighted by atomic mass is 10.1. The first-order valence-electron chi connectivity index (χ1n) is 10.9. The molecule has 4 aromatic rings. The van der Waals surface area contributed by atoms with Crippen molar-refractivity contribution in [2.45, 2.75) is 6.61 Å². The highest BCUT2D eigenvalue weighted by atomic mass is 19.3. The minimum absolute atomic E-state index is 0.0551. The quantitative estimate of drug-likeness (QED) is 0.347. The molecule has 0 radical (unpaired) electrons. The van der Waals surface area contributed by atoms with E-state index in [9.17, 15) is 23.6 Å². The Balaban J connectivity index is 1.90. The minimum Gasteiger partial charge on any atom is -0.497 e. The number of nitrogens with zero attached hydrogens (tertiary/aromatic N) is 3. The summed E-state index contributed by atoms with van der Waals surface area (Å²) in [6.07, 6.45) is 0. The summed E-state index contributed by atoms with van der Waals surface area (Å²) in [5.41, 5.74) is -2.19. The molecule has 0 saturated heterocycles. The Morgan fingerprint density at radius 2 is 1.66 bits per heavy atom. The molecule has 1 amide bonds. The average Bonchev–Trinajstić information content (AvgIpc) is 3.12. The van der Waals surface area contributed by atoms with Crippen molar-refractivity contribution in [3.63, 3.8) is 0 Å². The predicted molar refractivity (Wildman–Crippen MR) is 129 cm³/mol. The molecule has 194 valence electrons. The molecule has 0 aliphatic rings. The Hall–Kier alpha value is -5.05. The zero-order chi connectivity index (χ0) is 27.6. The number of carbonyl (C=O) groups is 1. The van der Waals surface area contributed by atoms with Gasteiger partial charge in [0, 0.05) is 24.7 Å². The van der Waals surface area contributed by atoms with Crippen molar-refractivity contribution < 1.29 is 31.8 Å². The van der Waals surface area contributed by atoms with Crippen LogP contribution in [0.2, 0.25) is 0 Å². The van der Waals surface area contributed by atoms with Gasteiger partial charge in [0.2, 0.25) is 0 Å². The van der Waals surface area contributed by atoms with Crippen LogP contribution in [0.5, 0.6) is 11.5 Å². The Bertz CT molecular complexity index is 1600. The Morgan fingerprint density at radius 3 is 2.24 bits per heavy atom. The third-order valence-corrected chi connectivity index (χ3v) is 5.59. The number of ether oxygens (including phenoxy) is 2. The highest BCUT2D eigenvalue weighted by Crippen LogP contribution is 2.34. The Labute approximate surface area is 212 Å². The molecule has 0 bridgehead atoms. The van der Waals surface area contributed by atoms with Gasteiger partial charge in [-0.3, -0.25) is 14.3 Å². The number of halogens is 4. The molecule has 0 aliphatic heterocycles. The highest BCUT2D eigenvalue weighted by Gasteiger charge is 2.28. The van der Waals surface area contributed by atoms with Crippen molar-refractivity contribution in [3.05, 3.63) is 93.8 Å². The second kappa shape index (κ2) is 10.5. The van der Waals surface area contributed by atoms with Gasteiger partial charge in [-0.2, -0.15) is 14.0 Å². The van der Waals surface area contributed by atoms with Crippen LogP contribution in [0.4, 0.5) is 23.2 Å². The van der Waals surface area contributed by atoms with E-state index in [4.69, 9.17) is 4.74 Å². The van der Waals surface area contributed by atoms with Crippen molar-refractivity contribution in [2.75, 3.05) is 12.4 Å². The van der Waals surface area contributed by atoms with Crippen LogP contribution in [0.3, 0.4) is 0 Å². The molecule has 1 aromatic heterocycles. The molecular weight excluding hydrogens is 508 g/mol. The lowest BCUT2D eigenvalue weighted by Crippen LogP contribution is -2.23. The van der Waals surface area contributed by atoms with Crippen molar-refractivity contribution in [1.29, 1.82) is 5.26 Å². The number of alkyl halides is 2. The highest BCUT2D eigenvalue weighted by molar-refractivity contribution is 6.06. The Kier molecular flexibility index (Phi) is 7.20. The van der Waals surface area contributed by atoms with E-state index in [1.807, 2.05) is 6.07 Å². The van der Waals surface area contributed by atoms with E-state index in [1.165, 1.54) is 38.4 Å². The van der Waals surface area contributed by atoms with E-state index in [-0.39, 0.29) is 34.0 Å². The zero-order valence-corrected chi connectivity index (χ0v) is 19.8. The fraction of sp³-hybridized carbons (Fsp3) is 0.115. The van der Waals surface area contributed by atoms with Gasteiger partial charge in [0.15, 0.2) is 0 Å². The summed E-state index contributed by atoms with van der Waals surface area (Å²) in [5, 5.41) is 11.9. The average molecular weight is 526 g/mol. The molecular formula is C26H18F4N4O4. The fourth-order valence-corrected chi connectivity index (χ4v) is 3.90. The number of aromatic nitrogens is 2. The lowest BCUT2D eigenvalue weighted by Gasteiger charge is -2.13. The van der Waals surface area contributed by atoms with Crippen molar-refractivity contribution in [2.24, 2.45) is 7.05 Å². The van der Waals surface area contributed by atoms with Crippen molar-refractivity contribution in [3.8, 4) is 34.5 Å². The van der Waals surface area contributed by atoms with Gasteiger partial charge in [-0.15, -0.1) is 0 Å². The Morgan fingerprint density at radius 1 is 1.03 bits per heavy atom. The maximum atomic E-state index is 15.2. The maximum absolute atomic E-state index is 15.2. The first-order chi connectivity index (χ1) is 18.2. The molecule has 3 aromatic carbocycles. The van der Waals surface area contributed by atoms with Gasteiger partial charge in [-0.1, -0.05) is 12.1 Å². The van der Waals surface area contributed by atoms with Crippen LogP contribution in [-0.4, -0.2) is 29.0 Å². The fourth-order valence-electron chi connectivity index (χ4n) is 3.90. The number of rotatable bonds is 7. The number of amides is 1. The van der Waals surface area contributed by atoms with Gasteiger partial charge in [-0.25, -0.2) is 13.5 Å². The summed E-state index contributed by atoms with van der Waals surface area (Å²) in [6, 6.07) is 14.4. The molecule has 0 spiro atoms. The van der Waals surface area contributed by atoms with Gasteiger partial charge in [0.05, 0.1) is 23.9 Å². The number of methoxy groups -OCH3 is 1. The van der Waals surface area contributed by atoms with E-state index in [2.05, 4.69) is 10.1 Å². The summed E-state index contributed by atoms with van der Waals surface area (Å²) < 4.78 is 66.4. The van der Waals surface area contributed by atoms with Crippen molar-refractivity contribution >= 4 is 11.6 Å². The summed E-state index contributed by atoms with van der Waals surface area (Å²) >= 11 is 0. The monoisotopic (exact) mass is 526 g/mol. The second-order valence-corrected chi connectivity index (χ2v) is 7.82. The molecule has 8 nitrogen and oxygen atoms in total. The molecule has 1 heterocycles. The number of nitriles is 1. The SMILES string of the molecule is COc1cc(F)c(-c2c(NC(=O)c3ccc(OC(F)F)cc3)c(=O)n(-c3ccccc3C#N)n2C)c(F)c1. The van der Waals surface area contributed by atoms with Crippen LogP contribution in [0.15, 0.2) is 65.5 Å². The van der Waals surface area contributed by atoms with Crippen LogP contribution in [0.25, 0.3) is 16.9 Å². The number of para-hydroxylation sites is 1. The van der Waals surface area contributed by atoms with Gasteiger partial charge in [0.1, 0.15) is 40.6 Å². The molecule has 0 saturated carbocycles. The van der Waals surface area contributed by atoms with Crippen LogP contribution < -0.4 is 20.3 Å². The largest absolute Gasteiger partial charge is 0.497 e.